The number of thioether (sulfide) groups is 1. The Bertz CT molecular complexity index is 299. The van der Waals surface area contributed by atoms with Crippen LogP contribution in [0.25, 0.3) is 0 Å². The molecule has 1 rings (SSSR count). The lowest BCUT2D eigenvalue weighted by Gasteiger charge is -2.25. The molecule has 0 saturated heterocycles. The number of rotatable bonds is 9. The van der Waals surface area contributed by atoms with Crippen molar-refractivity contribution in [1.82, 2.24) is 5.32 Å². The van der Waals surface area contributed by atoms with Crippen LogP contribution in [-0.2, 0) is 0 Å². The Labute approximate surface area is 117 Å². The minimum absolute atomic E-state index is 0.503. The fourth-order valence-electron chi connectivity index (χ4n) is 2.35. The number of benzene rings is 1. The zero-order valence-electron chi connectivity index (χ0n) is 12.0. The van der Waals surface area contributed by atoms with E-state index in [9.17, 15) is 0 Å². The van der Waals surface area contributed by atoms with Gasteiger partial charge in [0.05, 0.1) is 0 Å². The molecule has 0 fully saturated rings. The summed E-state index contributed by atoms with van der Waals surface area (Å²) < 4.78 is 0. The fraction of sp³-hybridized carbons (Fsp3) is 0.625. The van der Waals surface area contributed by atoms with Crippen molar-refractivity contribution < 1.29 is 0 Å². The van der Waals surface area contributed by atoms with E-state index >= 15 is 0 Å². The third-order valence-electron chi connectivity index (χ3n) is 3.30. The SMILES string of the molecule is CCNC(c1ccccc1)C(C)CCCSCC. The highest BCUT2D eigenvalue weighted by Crippen LogP contribution is 2.25. The van der Waals surface area contributed by atoms with Crippen molar-refractivity contribution in [2.24, 2.45) is 5.92 Å². The summed E-state index contributed by atoms with van der Waals surface area (Å²) in [7, 11) is 0. The van der Waals surface area contributed by atoms with Gasteiger partial charge in [0, 0.05) is 6.04 Å². The molecular formula is C16H27NS. The van der Waals surface area contributed by atoms with Crippen LogP contribution in [0.4, 0.5) is 0 Å². The van der Waals surface area contributed by atoms with Crippen LogP contribution in [-0.4, -0.2) is 18.1 Å². The summed E-state index contributed by atoms with van der Waals surface area (Å²) in [5.74, 6) is 3.24. The third-order valence-corrected chi connectivity index (χ3v) is 4.29. The molecule has 1 N–H and O–H groups in total. The van der Waals surface area contributed by atoms with Crippen LogP contribution in [0.15, 0.2) is 30.3 Å². The normalized spacial score (nSPS) is 14.4. The first-order chi connectivity index (χ1) is 8.79. The summed E-state index contributed by atoms with van der Waals surface area (Å²) in [6, 6.07) is 11.4. The molecule has 0 aliphatic carbocycles. The van der Waals surface area contributed by atoms with Crippen LogP contribution in [0.2, 0.25) is 0 Å². The van der Waals surface area contributed by atoms with E-state index in [1.165, 1.54) is 29.9 Å². The highest BCUT2D eigenvalue weighted by Gasteiger charge is 2.17. The Kier molecular flexibility index (Phi) is 8.19. The molecule has 2 atom stereocenters. The van der Waals surface area contributed by atoms with Crippen molar-refractivity contribution in [3.05, 3.63) is 35.9 Å². The first-order valence-corrected chi connectivity index (χ1v) is 8.31. The maximum absolute atomic E-state index is 3.63. The smallest absolute Gasteiger partial charge is 0.0345 e. The van der Waals surface area contributed by atoms with E-state index in [4.69, 9.17) is 0 Å². The molecule has 2 unspecified atom stereocenters. The van der Waals surface area contributed by atoms with Crippen molar-refractivity contribution in [3.63, 3.8) is 0 Å². The summed E-state index contributed by atoms with van der Waals surface area (Å²) in [4.78, 5) is 0. The lowest BCUT2D eigenvalue weighted by Crippen LogP contribution is -2.26. The van der Waals surface area contributed by atoms with Crippen molar-refractivity contribution in [3.8, 4) is 0 Å². The quantitative estimate of drug-likeness (QED) is 0.659. The molecule has 0 radical (unpaired) electrons. The molecule has 0 aliphatic heterocycles. The zero-order chi connectivity index (χ0) is 13.2. The highest BCUT2D eigenvalue weighted by atomic mass is 32.2. The molecule has 18 heavy (non-hydrogen) atoms. The van der Waals surface area contributed by atoms with Crippen molar-refractivity contribution >= 4 is 11.8 Å². The van der Waals surface area contributed by atoms with Gasteiger partial charge in [0.15, 0.2) is 0 Å². The van der Waals surface area contributed by atoms with E-state index in [0.717, 1.165) is 6.54 Å². The molecule has 0 bridgehead atoms. The Morgan fingerprint density at radius 2 is 1.89 bits per heavy atom. The Balaban J connectivity index is 2.50. The molecule has 0 aliphatic rings. The molecule has 1 nitrogen and oxygen atoms in total. The standard InChI is InChI=1S/C16H27NS/c1-4-17-16(15-11-7-6-8-12-15)14(3)10-9-13-18-5-2/h6-8,11-12,14,16-17H,4-5,9-10,13H2,1-3H3. The Morgan fingerprint density at radius 1 is 1.17 bits per heavy atom. The predicted octanol–water partition coefficient (Wildman–Crippen LogP) is 4.51. The topological polar surface area (TPSA) is 12.0 Å². The Hall–Kier alpha value is -0.470. The van der Waals surface area contributed by atoms with Gasteiger partial charge in [-0.15, -0.1) is 0 Å². The lowest BCUT2D eigenvalue weighted by molar-refractivity contribution is 0.370. The summed E-state index contributed by atoms with van der Waals surface area (Å²) >= 11 is 2.05. The molecule has 0 saturated carbocycles. The van der Waals surface area contributed by atoms with Crippen LogP contribution in [0.3, 0.4) is 0 Å². The minimum Gasteiger partial charge on any atom is -0.310 e. The lowest BCUT2D eigenvalue weighted by atomic mass is 9.91. The molecule has 1 aromatic rings. The Morgan fingerprint density at radius 3 is 2.50 bits per heavy atom. The first kappa shape index (κ1) is 15.6. The van der Waals surface area contributed by atoms with Gasteiger partial charge in [-0.2, -0.15) is 11.8 Å². The number of nitrogens with one attached hydrogen (secondary N) is 1. The zero-order valence-corrected chi connectivity index (χ0v) is 12.8. The summed E-state index contributed by atoms with van der Waals surface area (Å²) in [6.07, 6.45) is 2.63. The average Bonchev–Trinajstić information content (AvgIpc) is 2.41. The van der Waals surface area contributed by atoms with E-state index in [-0.39, 0.29) is 0 Å². The maximum atomic E-state index is 3.63. The van der Waals surface area contributed by atoms with Gasteiger partial charge in [-0.25, -0.2) is 0 Å². The molecule has 0 spiro atoms. The van der Waals surface area contributed by atoms with Crippen molar-refractivity contribution in [2.75, 3.05) is 18.1 Å². The molecule has 0 amide bonds. The third kappa shape index (κ3) is 5.45. The van der Waals surface area contributed by atoms with Crippen LogP contribution in [0.1, 0.15) is 45.2 Å². The van der Waals surface area contributed by atoms with Gasteiger partial charge in [-0.1, -0.05) is 51.1 Å². The second-order valence-corrected chi connectivity index (χ2v) is 6.16. The van der Waals surface area contributed by atoms with Gasteiger partial charge in [-0.05, 0) is 42.4 Å². The summed E-state index contributed by atoms with van der Waals surface area (Å²) in [5.41, 5.74) is 1.43. The maximum Gasteiger partial charge on any atom is 0.0345 e. The van der Waals surface area contributed by atoms with Crippen LogP contribution < -0.4 is 5.32 Å². The second-order valence-electron chi connectivity index (χ2n) is 4.76. The molecular weight excluding hydrogens is 238 g/mol. The van der Waals surface area contributed by atoms with Crippen molar-refractivity contribution in [2.45, 2.75) is 39.7 Å². The number of hydrogen-bond acceptors (Lipinski definition) is 2. The average molecular weight is 265 g/mol. The van der Waals surface area contributed by atoms with Crippen LogP contribution >= 0.6 is 11.8 Å². The minimum atomic E-state index is 0.503. The van der Waals surface area contributed by atoms with Crippen LogP contribution in [0.5, 0.6) is 0 Å². The van der Waals surface area contributed by atoms with E-state index in [1.54, 1.807) is 0 Å². The van der Waals surface area contributed by atoms with Gasteiger partial charge in [0.1, 0.15) is 0 Å². The largest absolute Gasteiger partial charge is 0.310 e. The van der Waals surface area contributed by atoms with Gasteiger partial charge >= 0.3 is 0 Å². The highest BCUT2D eigenvalue weighted by molar-refractivity contribution is 7.99. The van der Waals surface area contributed by atoms with E-state index in [1.807, 2.05) is 0 Å². The van der Waals surface area contributed by atoms with Gasteiger partial charge in [0.25, 0.3) is 0 Å². The first-order valence-electron chi connectivity index (χ1n) is 7.15. The van der Waals surface area contributed by atoms with E-state index < -0.39 is 0 Å². The summed E-state index contributed by atoms with van der Waals surface area (Å²) in [6.45, 7) is 7.83. The van der Waals surface area contributed by atoms with Gasteiger partial charge < -0.3 is 5.32 Å². The van der Waals surface area contributed by atoms with Crippen molar-refractivity contribution in [1.29, 1.82) is 0 Å². The summed E-state index contributed by atoms with van der Waals surface area (Å²) in [5, 5.41) is 3.63. The fourth-order valence-corrected chi connectivity index (χ4v) is 3.01. The second kappa shape index (κ2) is 9.46. The predicted molar refractivity (Wildman–Crippen MR) is 84.3 cm³/mol. The van der Waals surface area contributed by atoms with E-state index in [0.29, 0.717) is 12.0 Å². The molecule has 1 aromatic carbocycles. The van der Waals surface area contributed by atoms with Gasteiger partial charge in [-0.3, -0.25) is 0 Å². The number of hydrogen-bond donors (Lipinski definition) is 1. The molecule has 0 aromatic heterocycles. The van der Waals surface area contributed by atoms with E-state index in [2.05, 4.69) is 68.2 Å². The molecule has 0 heterocycles. The monoisotopic (exact) mass is 265 g/mol. The molecule has 102 valence electrons. The van der Waals surface area contributed by atoms with Gasteiger partial charge in [0.2, 0.25) is 0 Å². The molecule has 2 heteroatoms. The van der Waals surface area contributed by atoms with Crippen LogP contribution in [0, 0.1) is 5.92 Å².